The molecule has 0 atom stereocenters. The van der Waals surface area contributed by atoms with Crippen molar-refractivity contribution < 1.29 is 13.9 Å². The van der Waals surface area contributed by atoms with Gasteiger partial charge in [-0.05, 0) is 6.07 Å². The highest BCUT2D eigenvalue weighted by atomic mass is 35.5. The van der Waals surface area contributed by atoms with Gasteiger partial charge in [0.05, 0.1) is 7.11 Å². The van der Waals surface area contributed by atoms with Crippen LogP contribution in [-0.4, -0.2) is 18.1 Å². The molecule has 0 radical (unpaired) electrons. The molecule has 0 bridgehead atoms. The van der Waals surface area contributed by atoms with Crippen LogP contribution in [0.15, 0.2) is 12.3 Å². The third kappa shape index (κ3) is 1.53. The van der Waals surface area contributed by atoms with Crippen LogP contribution < -0.4 is 0 Å². The molecule has 0 unspecified atom stereocenters. The highest BCUT2D eigenvalue weighted by Gasteiger charge is 2.14. The zero-order valence-corrected chi connectivity index (χ0v) is 6.93. The lowest BCUT2D eigenvalue weighted by molar-refractivity contribution is 0.0593. The fourth-order valence-electron chi connectivity index (χ4n) is 0.659. The normalized spacial score (nSPS) is 9.58. The maximum atomic E-state index is 12.7. The average Bonchev–Trinajstić information content (AvgIpc) is 2.08. The summed E-state index contributed by atoms with van der Waals surface area (Å²) in [5.41, 5.74) is -0.209. The van der Waals surface area contributed by atoms with Crippen molar-refractivity contribution in [1.82, 2.24) is 4.98 Å². The van der Waals surface area contributed by atoms with Gasteiger partial charge in [-0.25, -0.2) is 14.2 Å². The van der Waals surface area contributed by atoms with Crippen molar-refractivity contribution in [2.75, 3.05) is 7.11 Å². The van der Waals surface area contributed by atoms with E-state index in [-0.39, 0.29) is 10.7 Å². The molecule has 0 aliphatic rings. The van der Waals surface area contributed by atoms with E-state index in [2.05, 4.69) is 9.72 Å². The Balaban J connectivity index is 3.16. The summed E-state index contributed by atoms with van der Waals surface area (Å²) in [4.78, 5) is 14.4. The minimum atomic E-state index is -0.750. The molecule has 1 aromatic heterocycles. The van der Waals surface area contributed by atoms with Gasteiger partial charge in [0.2, 0.25) is 0 Å². The molecule has 0 saturated carbocycles. The van der Waals surface area contributed by atoms with Crippen molar-refractivity contribution in [2.24, 2.45) is 0 Å². The number of rotatable bonds is 1. The molecule has 0 spiro atoms. The maximum absolute atomic E-state index is 12.7. The molecule has 1 aromatic rings. The van der Waals surface area contributed by atoms with Crippen LogP contribution in [0.3, 0.4) is 0 Å². The van der Waals surface area contributed by atoms with Crippen molar-refractivity contribution in [3.63, 3.8) is 0 Å². The maximum Gasteiger partial charge on any atom is 0.358 e. The number of hydrogen-bond acceptors (Lipinski definition) is 3. The third-order valence-electron chi connectivity index (χ3n) is 1.22. The number of carbonyl (C=O) groups excluding carboxylic acids is 1. The Bertz CT molecular complexity index is 316. The molecule has 0 saturated heterocycles. The lowest BCUT2D eigenvalue weighted by Crippen LogP contribution is -2.05. The molecule has 0 fully saturated rings. The summed E-state index contributed by atoms with van der Waals surface area (Å²) < 4.78 is 17.0. The number of carbonyl (C=O) groups is 1. The first-order chi connectivity index (χ1) is 5.66. The van der Waals surface area contributed by atoms with Crippen molar-refractivity contribution >= 4 is 17.6 Å². The Morgan fingerprint density at radius 3 is 3.00 bits per heavy atom. The van der Waals surface area contributed by atoms with Crippen molar-refractivity contribution in [1.29, 1.82) is 0 Å². The highest BCUT2D eigenvalue weighted by Crippen LogP contribution is 2.17. The predicted octanol–water partition coefficient (Wildman–Crippen LogP) is 1.66. The van der Waals surface area contributed by atoms with Gasteiger partial charge in [-0.1, -0.05) is 11.6 Å². The number of hydrogen-bond donors (Lipinski definition) is 0. The topological polar surface area (TPSA) is 39.2 Å². The Labute approximate surface area is 73.1 Å². The van der Waals surface area contributed by atoms with Gasteiger partial charge in [0.25, 0.3) is 0 Å². The first kappa shape index (κ1) is 8.93. The number of aromatic nitrogens is 1. The number of nitrogens with zero attached hydrogens (tertiary/aromatic N) is 1. The van der Waals surface area contributed by atoms with E-state index in [1.807, 2.05) is 0 Å². The average molecular weight is 190 g/mol. The van der Waals surface area contributed by atoms with Crippen LogP contribution in [0, 0.1) is 5.82 Å². The van der Waals surface area contributed by atoms with Crippen molar-refractivity contribution in [2.45, 2.75) is 0 Å². The number of esters is 1. The minimum absolute atomic E-state index is 0.209. The van der Waals surface area contributed by atoms with Crippen LogP contribution in [0.25, 0.3) is 0 Å². The van der Waals surface area contributed by atoms with Gasteiger partial charge in [0.1, 0.15) is 10.8 Å². The molecule has 0 aliphatic heterocycles. The standard InChI is InChI=1S/C7H5ClFNO2/c1-12-7(11)6-5(8)4(9)2-3-10-6/h2-3H,1H3. The Hall–Kier alpha value is -1.16. The summed E-state index contributed by atoms with van der Waals surface area (Å²) in [6.07, 6.45) is 1.15. The second-order valence-corrected chi connectivity index (χ2v) is 2.32. The number of methoxy groups -OCH3 is 1. The Morgan fingerprint density at radius 1 is 1.75 bits per heavy atom. The quantitative estimate of drug-likeness (QED) is 0.631. The number of pyridine rings is 1. The highest BCUT2D eigenvalue weighted by molar-refractivity contribution is 6.33. The van der Waals surface area contributed by atoms with Gasteiger partial charge in [-0.15, -0.1) is 0 Å². The van der Waals surface area contributed by atoms with E-state index in [0.29, 0.717) is 0 Å². The predicted molar refractivity (Wildman–Crippen MR) is 40.5 cm³/mol. The van der Waals surface area contributed by atoms with Crippen LogP contribution in [-0.2, 0) is 4.74 Å². The fourth-order valence-corrected chi connectivity index (χ4v) is 0.848. The molecule has 1 rings (SSSR count). The summed E-state index contributed by atoms with van der Waals surface area (Å²) in [6.45, 7) is 0. The molecular formula is C7H5ClFNO2. The lowest BCUT2D eigenvalue weighted by Gasteiger charge is -2.00. The van der Waals surface area contributed by atoms with Crippen molar-refractivity contribution in [3.05, 3.63) is 28.8 Å². The van der Waals surface area contributed by atoms with E-state index in [1.54, 1.807) is 0 Å². The van der Waals surface area contributed by atoms with Crippen LogP contribution in [0.1, 0.15) is 10.5 Å². The Kier molecular flexibility index (Phi) is 2.60. The smallest absolute Gasteiger partial charge is 0.358 e. The summed E-state index contributed by atoms with van der Waals surface area (Å²) >= 11 is 5.43. The van der Waals surface area contributed by atoms with E-state index in [1.165, 1.54) is 7.11 Å². The van der Waals surface area contributed by atoms with Crippen LogP contribution in [0.4, 0.5) is 4.39 Å². The van der Waals surface area contributed by atoms with Crippen LogP contribution >= 0.6 is 11.6 Å². The van der Waals surface area contributed by atoms with Gasteiger partial charge in [0.15, 0.2) is 5.69 Å². The molecule has 0 aromatic carbocycles. The van der Waals surface area contributed by atoms with Gasteiger partial charge >= 0.3 is 5.97 Å². The summed E-state index contributed by atoms with van der Waals surface area (Å²) in [5.74, 6) is -1.44. The zero-order chi connectivity index (χ0) is 9.14. The molecular weight excluding hydrogens is 185 g/mol. The van der Waals surface area contributed by atoms with Crippen LogP contribution in [0.2, 0.25) is 5.02 Å². The second kappa shape index (κ2) is 3.49. The lowest BCUT2D eigenvalue weighted by atomic mass is 10.3. The van der Waals surface area contributed by atoms with Gasteiger partial charge in [0, 0.05) is 6.20 Å². The van der Waals surface area contributed by atoms with E-state index in [9.17, 15) is 9.18 Å². The number of halogens is 2. The fraction of sp³-hybridized carbons (Fsp3) is 0.143. The summed E-state index contributed by atoms with van der Waals surface area (Å²) in [7, 11) is 1.17. The Morgan fingerprint density at radius 2 is 2.42 bits per heavy atom. The van der Waals surface area contributed by atoms with Gasteiger partial charge < -0.3 is 4.74 Å². The molecule has 0 amide bonds. The second-order valence-electron chi connectivity index (χ2n) is 1.95. The van der Waals surface area contributed by atoms with Gasteiger partial charge in [-0.2, -0.15) is 0 Å². The summed E-state index contributed by atoms with van der Waals surface area (Å²) in [5, 5.41) is -0.315. The number of ether oxygens (including phenoxy) is 1. The zero-order valence-electron chi connectivity index (χ0n) is 6.17. The molecule has 12 heavy (non-hydrogen) atoms. The van der Waals surface area contributed by atoms with Crippen LogP contribution in [0.5, 0.6) is 0 Å². The molecule has 0 aliphatic carbocycles. The monoisotopic (exact) mass is 189 g/mol. The molecule has 64 valence electrons. The third-order valence-corrected chi connectivity index (χ3v) is 1.58. The molecule has 3 nitrogen and oxygen atoms in total. The first-order valence-corrected chi connectivity index (χ1v) is 3.43. The van der Waals surface area contributed by atoms with E-state index in [0.717, 1.165) is 12.3 Å². The van der Waals surface area contributed by atoms with E-state index >= 15 is 0 Å². The van der Waals surface area contributed by atoms with E-state index in [4.69, 9.17) is 11.6 Å². The summed E-state index contributed by atoms with van der Waals surface area (Å²) in [6, 6.07) is 1.06. The first-order valence-electron chi connectivity index (χ1n) is 3.05. The molecule has 1 heterocycles. The van der Waals surface area contributed by atoms with Gasteiger partial charge in [-0.3, -0.25) is 0 Å². The largest absolute Gasteiger partial charge is 0.464 e. The SMILES string of the molecule is COC(=O)c1nccc(F)c1Cl. The van der Waals surface area contributed by atoms with E-state index < -0.39 is 11.8 Å². The molecule has 0 N–H and O–H groups in total. The molecule has 5 heteroatoms. The minimum Gasteiger partial charge on any atom is -0.464 e. The van der Waals surface area contributed by atoms with Crippen molar-refractivity contribution in [3.8, 4) is 0 Å².